The van der Waals surface area contributed by atoms with E-state index >= 15 is 0 Å². The van der Waals surface area contributed by atoms with Gasteiger partial charge >= 0.3 is 12.1 Å². The minimum absolute atomic E-state index is 0.0857. The maximum atomic E-state index is 12.2. The van der Waals surface area contributed by atoms with Crippen LogP contribution in [0.4, 0.5) is 4.79 Å². The summed E-state index contributed by atoms with van der Waals surface area (Å²) < 4.78 is 12.4. The third kappa shape index (κ3) is 4.69. The number of carbonyl (C=O) groups is 2. The largest absolute Gasteiger partial charge is 0.480 e. The second-order valence-electron chi connectivity index (χ2n) is 9.02. The van der Waals surface area contributed by atoms with Crippen LogP contribution in [-0.4, -0.2) is 47.4 Å². The lowest BCUT2D eigenvalue weighted by molar-refractivity contribution is -0.161. The molecule has 7 heteroatoms. The van der Waals surface area contributed by atoms with Crippen molar-refractivity contribution >= 4 is 28.0 Å². The zero-order valence-electron chi connectivity index (χ0n) is 16.7. The summed E-state index contributed by atoms with van der Waals surface area (Å²) in [6, 6.07) is 7.91. The Balaban J connectivity index is 1.66. The summed E-state index contributed by atoms with van der Waals surface area (Å²) in [5, 5.41) is 9.11. The lowest BCUT2D eigenvalue weighted by atomic mass is 9.63. The minimum atomic E-state index is -0.962. The highest BCUT2D eigenvalue weighted by molar-refractivity contribution is 9.10. The molecule has 0 bridgehead atoms. The first-order valence-corrected chi connectivity index (χ1v) is 10.4. The molecule has 2 fully saturated rings. The predicted octanol–water partition coefficient (Wildman–Crippen LogP) is 4.56. The molecular formula is C21H28BrNO5. The Morgan fingerprint density at radius 2 is 1.68 bits per heavy atom. The number of carboxylic acids is 1. The number of likely N-dealkylation sites (tertiary alicyclic amines) is 1. The zero-order chi connectivity index (χ0) is 20.6. The summed E-state index contributed by atoms with van der Waals surface area (Å²) in [5.41, 5.74) is 0.0162. The molecule has 3 rings (SSSR count). The number of hydrogen-bond acceptors (Lipinski definition) is 4. The van der Waals surface area contributed by atoms with Gasteiger partial charge in [0, 0.05) is 23.0 Å². The van der Waals surface area contributed by atoms with Crippen LogP contribution in [0.5, 0.6) is 0 Å². The lowest BCUT2D eigenvalue weighted by Gasteiger charge is -2.55. The fourth-order valence-electron chi connectivity index (χ4n) is 4.19. The molecule has 1 heterocycles. The van der Waals surface area contributed by atoms with Crippen LogP contribution in [0.2, 0.25) is 0 Å². The topological polar surface area (TPSA) is 76.1 Å². The van der Waals surface area contributed by atoms with Crippen molar-refractivity contribution < 1.29 is 24.2 Å². The van der Waals surface area contributed by atoms with Crippen molar-refractivity contribution in [3.63, 3.8) is 0 Å². The van der Waals surface area contributed by atoms with E-state index in [0.29, 0.717) is 13.1 Å². The van der Waals surface area contributed by atoms with Gasteiger partial charge < -0.3 is 19.5 Å². The smallest absolute Gasteiger partial charge is 0.410 e. The number of hydrogen-bond donors (Lipinski definition) is 1. The zero-order valence-corrected chi connectivity index (χ0v) is 18.3. The second kappa shape index (κ2) is 7.67. The molecule has 154 valence electrons. The van der Waals surface area contributed by atoms with Crippen LogP contribution < -0.4 is 0 Å². The monoisotopic (exact) mass is 453 g/mol. The molecule has 1 saturated carbocycles. The van der Waals surface area contributed by atoms with Gasteiger partial charge in [-0.1, -0.05) is 28.1 Å². The molecular weight excluding hydrogens is 426 g/mol. The van der Waals surface area contributed by atoms with Gasteiger partial charge in [0.15, 0.2) is 0 Å². The summed E-state index contributed by atoms with van der Waals surface area (Å²) in [5.74, 6) is -0.962. The first-order valence-electron chi connectivity index (χ1n) is 9.62. The molecule has 1 N–H and O–H groups in total. The van der Waals surface area contributed by atoms with Gasteiger partial charge in [0.05, 0.1) is 5.60 Å². The normalized spacial score (nSPS) is 20.5. The van der Waals surface area contributed by atoms with E-state index in [1.165, 1.54) is 0 Å². The average molecular weight is 454 g/mol. The van der Waals surface area contributed by atoms with Crippen LogP contribution in [-0.2, 0) is 19.9 Å². The predicted molar refractivity (Wildman–Crippen MR) is 108 cm³/mol. The number of nitrogens with zero attached hydrogens (tertiary/aromatic N) is 1. The van der Waals surface area contributed by atoms with E-state index in [1.807, 2.05) is 45.0 Å². The van der Waals surface area contributed by atoms with Crippen LogP contribution in [0.15, 0.2) is 28.7 Å². The van der Waals surface area contributed by atoms with Crippen molar-refractivity contribution in [3.8, 4) is 0 Å². The summed E-state index contributed by atoms with van der Waals surface area (Å²) in [6.45, 7) is 6.68. The van der Waals surface area contributed by atoms with E-state index in [-0.39, 0.29) is 18.1 Å². The number of amides is 1. The van der Waals surface area contributed by atoms with Crippen LogP contribution in [0.1, 0.15) is 52.0 Å². The van der Waals surface area contributed by atoms with Crippen molar-refractivity contribution in [2.24, 2.45) is 5.41 Å². The fraction of sp³-hybridized carbons (Fsp3) is 0.619. The van der Waals surface area contributed by atoms with Gasteiger partial charge in [0.25, 0.3) is 0 Å². The van der Waals surface area contributed by atoms with Gasteiger partial charge in [-0.05, 0) is 64.2 Å². The molecule has 1 amide bonds. The average Bonchev–Trinajstić information content (AvgIpc) is 2.57. The van der Waals surface area contributed by atoms with Crippen LogP contribution >= 0.6 is 15.9 Å². The van der Waals surface area contributed by atoms with Gasteiger partial charge in [-0.3, -0.25) is 0 Å². The van der Waals surface area contributed by atoms with Crippen LogP contribution in [0.25, 0.3) is 0 Å². The summed E-state index contributed by atoms with van der Waals surface area (Å²) in [7, 11) is 0. The summed E-state index contributed by atoms with van der Waals surface area (Å²) >= 11 is 3.44. The Morgan fingerprint density at radius 3 is 2.18 bits per heavy atom. The third-order valence-electron chi connectivity index (χ3n) is 5.66. The van der Waals surface area contributed by atoms with Gasteiger partial charge in [0.1, 0.15) is 12.2 Å². The van der Waals surface area contributed by atoms with Crippen molar-refractivity contribution in [2.75, 3.05) is 19.7 Å². The van der Waals surface area contributed by atoms with Crippen LogP contribution in [0.3, 0.4) is 0 Å². The van der Waals surface area contributed by atoms with Gasteiger partial charge in [-0.2, -0.15) is 0 Å². The van der Waals surface area contributed by atoms with E-state index in [2.05, 4.69) is 15.9 Å². The molecule has 2 aliphatic rings. The molecule has 0 atom stereocenters. The molecule has 6 nitrogen and oxygen atoms in total. The Labute approximate surface area is 174 Å². The molecule has 1 aromatic rings. The molecule has 28 heavy (non-hydrogen) atoms. The number of carbonyl (C=O) groups excluding carboxylic acids is 1. The van der Waals surface area contributed by atoms with Gasteiger partial charge in [-0.25, -0.2) is 9.59 Å². The Kier molecular flexibility index (Phi) is 5.79. The van der Waals surface area contributed by atoms with E-state index in [4.69, 9.17) is 14.6 Å². The Morgan fingerprint density at radius 1 is 1.11 bits per heavy atom. The fourth-order valence-corrected chi connectivity index (χ4v) is 4.45. The lowest BCUT2D eigenvalue weighted by Crippen LogP contribution is -2.61. The highest BCUT2D eigenvalue weighted by atomic mass is 79.9. The molecule has 0 aromatic heterocycles. The summed E-state index contributed by atoms with van der Waals surface area (Å²) in [6.07, 6.45) is 3.00. The number of carboxylic acid groups (broad SMARTS) is 1. The highest BCUT2D eigenvalue weighted by Crippen LogP contribution is 2.52. The number of ether oxygens (including phenoxy) is 2. The number of aliphatic carboxylic acids is 1. The van der Waals surface area contributed by atoms with Crippen molar-refractivity contribution in [1.29, 1.82) is 0 Å². The first-order chi connectivity index (χ1) is 13.0. The molecule has 1 spiro atoms. The molecule has 1 aliphatic carbocycles. The van der Waals surface area contributed by atoms with Crippen molar-refractivity contribution in [1.82, 2.24) is 4.90 Å². The Hall–Kier alpha value is -1.60. The highest BCUT2D eigenvalue weighted by Gasteiger charge is 2.52. The molecule has 1 saturated heterocycles. The Bertz CT molecular complexity index is 724. The second-order valence-corrected chi connectivity index (χ2v) is 9.94. The van der Waals surface area contributed by atoms with Crippen molar-refractivity contribution in [2.45, 2.75) is 57.7 Å². The minimum Gasteiger partial charge on any atom is -0.480 e. The standard InChI is InChI=1S/C21H28BrNO5/c1-19(2,3)28-18(26)23-13-20(14-23)8-10-21(11-9-20,27-12-17(24)25)15-4-6-16(22)7-5-15/h4-7H,8-14H2,1-3H3,(H,24,25). The molecule has 1 aliphatic heterocycles. The maximum Gasteiger partial charge on any atom is 0.410 e. The number of halogens is 1. The SMILES string of the molecule is CC(C)(C)OC(=O)N1CC2(CCC(OCC(=O)O)(c3ccc(Br)cc3)CC2)C1. The van der Waals surface area contributed by atoms with E-state index < -0.39 is 17.2 Å². The quantitative estimate of drug-likeness (QED) is 0.722. The molecule has 0 unspecified atom stereocenters. The van der Waals surface area contributed by atoms with E-state index in [0.717, 1.165) is 35.7 Å². The summed E-state index contributed by atoms with van der Waals surface area (Å²) in [4.78, 5) is 25.1. The van der Waals surface area contributed by atoms with E-state index in [1.54, 1.807) is 4.90 Å². The maximum absolute atomic E-state index is 12.2. The number of rotatable bonds is 4. The number of benzene rings is 1. The van der Waals surface area contributed by atoms with Gasteiger partial charge in [0.2, 0.25) is 0 Å². The van der Waals surface area contributed by atoms with Gasteiger partial charge in [-0.15, -0.1) is 0 Å². The van der Waals surface area contributed by atoms with Crippen LogP contribution in [0, 0.1) is 5.41 Å². The third-order valence-corrected chi connectivity index (χ3v) is 6.19. The molecule has 1 aromatic carbocycles. The van der Waals surface area contributed by atoms with E-state index in [9.17, 15) is 9.59 Å². The first kappa shape index (κ1) is 21.1. The van der Waals surface area contributed by atoms with Crippen molar-refractivity contribution in [3.05, 3.63) is 34.3 Å². The molecule has 0 radical (unpaired) electrons.